The van der Waals surface area contributed by atoms with Crippen LogP contribution in [0.5, 0.6) is 0 Å². The van der Waals surface area contributed by atoms with Crippen LogP contribution in [-0.2, 0) is 5.11 Å². The van der Waals surface area contributed by atoms with Gasteiger partial charge in [0, 0.05) is 0 Å². The molecule has 0 atom stereocenters. The quantitative estimate of drug-likeness (QED) is 0.494. The first kappa shape index (κ1) is 8.06. The van der Waals surface area contributed by atoms with Gasteiger partial charge < -0.3 is 0 Å². The third-order valence-corrected chi connectivity index (χ3v) is 2.45. The summed E-state index contributed by atoms with van der Waals surface area (Å²) in [6, 6.07) is 0. The molecule has 0 heterocycles. The Bertz CT molecular complexity index is 70.7. The summed E-state index contributed by atoms with van der Waals surface area (Å²) in [5, 5.41) is 11.0. The minimum Gasteiger partial charge on any atom is -0.233 e. The largest absolute Gasteiger partial charge is 0.233 e. The second-order valence-electron chi connectivity index (χ2n) is 3.59. The zero-order valence-electron chi connectivity index (χ0n) is 6.81. The maximum Gasteiger partial charge on any atom is 0.0930 e. The van der Waals surface area contributed by atoms with Crippen molar-refractivity contribution in [1.29, 1.82) is 0 Å². The average Bonchev–Trinajstić information content (AvgIpc) is 1.84. The number of hydrogen-bond acceptors (Lipinski definition) is 0. The molecule has 1 fully saturated rings. The summed E-state index contributed by atoms with van der Waals surface area (Å²) < 4.78 is 0. The van der Waals surface area contributed by atoms with Crippen molar-refractivity contribution in [2.24, 2.45) is 5.92 Å². The maximum absolute atomic E-state index is 11.0. The van der Waals surface area contributed by atoms with Gasteiger partial charge in [-0.3, -0.25) is 0 Å². The van der Waals surface area contributed by atoms with Crippen LogP contribution in [0.3, 0.4) is 0 Å². The summed E-state index contributed by atoms with van der Waals surface area (Å²) in [5.74, 6) is 0.868. The second kappa shape index (κ2) is 3.97. The second-order valence-corrected chi connectivity index (χ2v) is 3.59. The minimum atomic E-state index is -0.243. The van der Waals surface area contributed by atoms with Gasteiger partial charge in [-0.2, -0.15) is 0 Å². The molecule has 0 spiro atoms. The van der Waals surface area contributed by atoms with Gasteiger partial charge in [0.1, 0.15) is 0 Å². The Labute approximate surface area is 63.4 Å². The predicted octanol–water partition coefficient (Wildman–Crippen LogP) is 2.78. The lowest BCUT2D eigenvalue weighted by Crippen LogP contribution is -2.09. The SMILES string of the molecule is CC1CCCC([O])CCC1. The molecule has 1 aliphatic carbocycles. The first-order valence-corrected chi connectivity index (χ1v) is 4.45. The van der Waals surface area contributed by atoms with Gasteiger partial charge in [-0.25, -0.2) is 5.11 Å². The Kier molecular flexibility index (Phi) is 3.20. The standard InChI is InChI=1S/C9H17O/c1-8-4-2-6-9(10)7-3-5-8/h8-9H,2-7H2,1H3. The summed E-state index contributed by atoms with van der Waals surface area (Å²) in [4.78, 5) is 0. The predicted molar refractivity (Wildman–Crippen MR) is 41.3 cm³/mol. The summed E-state index contributed by atoms with van der Waals surface area (Å²) in [7, 11) is 0. The summed E-state index contributed by atoms with van der Waals surface area (Å²) in [6.07, 6.45) is 6.48. The Morgan fingerprint density at radius 2 is 1.50 bits per heavy atom. The van der Waals surface area contributed by atoms with Crippen LogP contribution in [0.1, 0.15) is 45.4 Å². The van der Waals surface area contributed by atoms with Gasteiger partial charge in [0.25, 0.3) is 0 Å². The van der Waals surface area contributed by atoms with E-state index in [1.807, 2.05) is 0 Å². The van der Waals surface area contributed by atoms with Crippen LogP contribution in [-0.4, -0.2) is 6.10 Å². The molecule has 0 aromatic rings. The van der Waals surface area contributed by atoms with E-state index in [9.17, 15) is 5.11 Å². The summed E-state index contributed by atoms with van der Waals surface area (Å²) in [6.45, 7) is 2.30. The van der Waals surface area contributed by atoms with Gasteiger partial charge in [-0.1, -0.05) is 32.6 Å². The lowest BCUT2D eigenvalue weighted by molar-refractivity contribution is 0.0619. The molecule has 0 bridgehead atoms. The van der Waals surface area contributed by atoms with E-state index >= 15 is 0 Å². The molecule has 0 saturated heterocycles. The van der Waals surface area contributed by atoms with Crippen molar-refractivity contribution in [3.05, 3.63) is 0 Å². The van der Waals surface area contributed by atoms with Gasteiger partial charge in [0.05, 0.1) is 6.10 Å². The first-order chi connectivity index (χ1) is 4.79. The average molecular weight is 141 g/mol. The van der Waals surface area contributed by atoms with Crippen molar-refractivity contribution < 1.29 is 5.11 Å². The molecule has 1 saturated carbocycles. The van der Waals surface area contributed by atoms with E-state index in [1.165, 1.54) is 12.8 Å². The highest BCUT2D eigenvalue weighted by molar-refractivity contribution is 4.64. The van der Waals surface area contributed by atoms with Crippen molar-refractivity contribution in [3.63, 3.8) is 0 Å². The molecular formula is C9H17O. The third-order valence-electron chi connectivity index (χ3n) is 2.45. The van der Waals surface area contributed by atoms with E-state index in [2.05, 4.69) is 6.92 Å². The van der Waals surface area contributed by atoms with Gasteiger partial charge in [0.15, 0.2) is 0 Å². The summed E-state index contributed by atoms with van der Waals surface area (Å²) in [5.41, 5.74) is 0. The summed E-state index contributed by atoms with van der Waals surface area (Å²) >= 11 is 0. The van der Waals surface area contributed by atoms with Gasteiger partial charge in [-0.15, -0.1) is 0 Å². The smallest absolute Gasteiger partial charge is 0.0930 e. The monoisotopic (exact) mass is 141 g/mol. The topological polar surface area (TPSA) is 19.9 Å². The van der Waals surface area contributed by atoms with E-state index in [0.717, 1.165) is 31.6 Å². The molecule has 1 aliphatic rings. The Hall–Kier alpha value is -0.0400. The van der Waals surface area contributed by atoms with Crippen LogP contribution in [0.4, 0.5) is 0 Å². The van der Waals surface area contributed by atoms with E-state index in [0.29, 0.717) is 0 Å². The molecule has 0 aliphatic heterocycles. The molecule has 0 aromatic carbocycles. The van der Waals surface area contributed by atoms with Crippen LogP contribution < -0.4 is 0 Å². The van der Waals surface area contributed by atoms with Crippen LogP contribution in [0.25, 0.3) is 0 Å². The molecule has 0 amide bonds. The fraction of sp³-hybridized carbons (Fsp3) is 1.00. The van der Waals surface area contributed by atoms with E-state index < -0.39 is 0 Å². The van der Waals surface area contributed by atoms with Crippen LogP contribution in [0.15, 0.2) is 0 Å². The molecule has 0 aromatic heterocycles. The Morgan fingerprint density at radius 3 is 2.00 bits per heavy atom. The zero-order valence-corrected chi connectivity index (χ0v) is 6.81. The Morgan fingerprint density at radius 1 is 1.00 bits per heavy atom. The molecule has 0 N–H and O–H groups in total. The fourth-order valence-electron chi connectivity index (χ4n) is 1.68. The van der Waals surface area contributed by atoms with Crippen LogP contribution in [0.2, 0.25) is 0 Å². The van der Waals surface area contributed by atoms with Crippen LogP contribution in [0, 0.1) is 5.92 Å². The number of hydrogen-bond donors (Lipinski definition) is 0. The first-order valence-electron chi connectivity index (χ1n) is 4.45. The van der Waals surface area contributed by atoms with E-state index in [1.54, 1.807) is 0 Å². The van der Waals surface area contributed by atoms with Gasteiger partial charge in [0.2, 0.25) is 0 Å². The van der Waals surface area contributed by atoms with Crippen molar-refractivity contribution >= 4 is 0 Å². The highest BCUT2D eigenvalue weighted by Gasteiger charge is 2.12. The molecule has 1 rings (SSSR count). The van der Waals surface area contributed by atoms with Crippen molar-refractivity contribution in [3.8, 4) is 0 Å². The highest BCUT2D eigenvalue weighted by Crippen LogP contribution is 2.21. The number of rotatable bonds is 0. The van der Waals surface area contributed by atoms with Crippen LogP contribution >= 0.6 is 0 Å². The normalized spacial score (nSPS) is 36.6. The lowest BCUT2D eigenvalue weighted by atomic mass is 9.91. The molecule has 1 radical (unpaired) electrons. The molecular weight excluding hydrogens is 124 g/mol. The van der Waals surface area contributed by atoms with Crippen molar-refractivity contribution in [2.45, 2.75) is 51.6 Å². The third kappa shape index (κ3) is 2.70. The van der Waals surface area contributed by atoms with Gasteiger partial charge in [-0.05, 0) is 18.8 Å². The van der Waals surface area contributed by atoms with Crippen molar-refractivity contribution in [1.82, 2.24) is 0 Å². The van der Waals surface area contributed by atoms with Crippen molar-refractivity contribution in [2.75, 3.05) is 0 Å². The molecule has 1 nitrogen and oxygen atoms in total. The lowest BCUT2D eigenvalue weighted by Gasteiger charge is -2.16. The molecule has 1 heteroatoms. The zero-order chi connectivity index (χ0) is 7.40. The fourth-order valence-corrected chi connectivity index (χ4v) is 1.68. The van der Waals surface area contributed by atoms with E-state index in [4.69, 9.17) is 0 Å². The highest BCUT2D eigenvalue weighted by atomic mass is 16.3. The Balaban J connectivity index is 2.21. The molecule has 0 unspecified atom stereocenters. The van der Waals surface area contributed by atoms with E-state index in [-0.39, 0.29) is 6.10 Å². The minimum absolute atomic E-state index is 0.243. The molecule has 10 heavy (non-hydrogen) atoms. The maximum atomic E-state index is 11.0. The molecule has 59 valence electrons. The van der Waals surface area contributed by atoms with Gasteiger partial charge >= 0.3 is 0 Å².